The molecule has 0 aliphatic carbocycles. The van der Waals surface area contributed by atoms with Crippen molar-refractivity contribution in [3.8, 4) is 0 Å². The van der Waals surface area contributed by atoms with Gasteiger partial charge in [-0.3, -0.25) is 4.79 Å². The first-order valence-electron chi connectivity index (χ1n) is 4.44. The number of thioether (sulfide) groups is 1. The quantitative estimate of drug-likeness (QED) is 0.761. The van der Waals surface area contributed by atoms with E-state index in [1.165, 1.54) is 17.5 Å². The van der Waals surface area contributed by atoms with E-state index < -0.39 is 0 Å². The molecule has 0 fully saturated rings. The predicted octanol–water partition coefficient (Wildman–Crippen LogP) is 1.65. The highest BCUT2D eigenvalue weighted by Crippen LogP contribution is 2.40. The molecule has 1 atom stereocenters. The molecule has 1 heterocycles. The van der Waals surface area contributed by atoms with Crippen molar-refractivity contribution in [1.82, 2.24) is 5.32 Å². The topological polar surface area (TPSA) is 32.3 Å². The molecule has 0 radical (unpaired) electrons. The summed E-state index contributed by atoms with van der Waals surface area (Å²) in [6.07, 6.45) is 0. The van der Waals surface area contributed by atoms with Gasteiger partial charge in [0, 0.05) is 18.9 Å². The van der Waals surface area contributed by atoms with Crippen molar-refractivity contribution in [3.05, 3.63) is 24.3 Å². The van der Waals surface area contributed by atoms with Crippen LogP contribution in [0.25, 0.3) is 0 Å². The van der Waals surface area contributed by atoms with Gasteiger partial charge < -0.3 is 10.2 Å². The van der Waals surface area contributed by atoms with E-state index in [1.807, 2.05) is 19.2 Å². The van der Waals surface area contributed by atoms with Crippen LogP contribution in [0.5, 0.6) is 0 Å². The molecule has 0 spiro atoms. The third kappa shape index (κ3) is 1.57. The standard InChI is InChI=1S/C10H12N2OS/c1-7(13)11-10-12(2)8-5-3-4-6-9(8)14-10/h3-6,10H,1-2H3,(H,11,13). The third-order valence-corrected chi connectivity index (χ3v) is 3.42. The van der Waals surface area contributed by atoms with Gasteiger partial charge in [0.15, 0.2) is 5.50 Å². The fraction of sp³-hybridized carbons (Fsp3) is 0.300. The maximum atomic E-state index is 10.9. The number of benzene rings is 1. The molecule has 0 saturated carbocycles. The van der Waals surface area contributed by atoms with Crippen molar-refractivity contribution >= 4 is 23.4 Å². The summed E-state index contributed by atoms with van der Waals surface area (Å²) in [5, 5.41) is 2.89. The molecule has 1 aliphatic rings. The fourth-order valence-corrected chi connectivity index (χ4v) is 2.70. The summed E-state index contributed by atoms with van der Waals surface area (Å²) in [5.41, 5.74) is 1.21. The molecule has 14 heavy (non-hydrogen) atoms. The number of carbonyl (C=O) groups excluding carboxylic acids is 1. The smallest absolute Gasteiger partial charge is 0.219 e. The van der Waals surface area contributed by atoms with Crippen LogP contribution in [0.2, 0.25) is 0 Å². The zero-order valence-electron chi connectivity index (χ0n) is 8.15. The van der Waals surface area contributed by atoms with Gasteiger partial charge in [0.25, 0.3) is 0 Å². The summed E-state index contributed by atoms with van der Waals surface area (Å²) >= 11 is 1.67. The number of carbonyl (C=O) groups is 1. The zero-order valence-corrected chi connectivity index (χ0v) is 8.97. The number of rotatable bonds is 1. The molecule has 1 aromatic rings. The minimum absolute atomic E-state index is 0.00200. The van der Waals surface area contributed by atoms with E-state index in [9.17, 15) is 4.79 Å². The van der Waals surface area contributed by atoms with E-state index in [0.29, 0.717) is 0 Å². The molecule has 74 valence electrons. The van der Waals surface area contributed by atoms with Gasteiger partial charge in [-0.25, -0.2) is 0 Å². The van der Waals surface area contributed by atoms with Crippen molar-refractivity contribution in [2.45, 2.75) is 17.3 Å². The molecule has 1 amide bonds. The number of hydrogen-bond donors (Lipinski definition) is 1. The SMILES string of the molecule is CC(=O)NC1Sc2ccccc2N1C. The average molecular weight is 208 g/mol. The number of amides is 1. The van der Waals surface area contributed by atoms with Crippen LogP contribution >= 0.6 is 11.8 Å². The Morgan fingerprint density at radius 3 is 2.86 bits per heavy atom. The highest BCUT2D eigenvalue weighted by molar-refractivity contribution is 8.00. The fourth-order valence-electron chi connectivity index (χ4n) is 1.47. The van der Waals surface area contributed by atoms with E-state index in [2.05, 4.69) is 22.3 Å². The lowest BCUT2D eigenvalue weighted by molar-refractivity contribution is -0.119. The molecule has 1 aromatic carbocycles. The number of para-hydroxylation sites is 1. The lowest BCUT2D eigenvalue weighted by atomic mass is 10.3. The summed E-state index contributed by atoms with van der Waals surface area (Å²) in [5.74, 6) is 0.00200. The lowest BCUT2D eigenvalue weighted by Crippen LogP contribution is -2.40. The number of fused-ring (bicyclic) bond motifs is 1. The first-order chi connectivity index (χ1) is 6.68. The molecule has 2 rings (SSSR count). The summed E-state index contributed by atoms with van der Waals surface area (Å²) in [7, 11) is 1.99. The average Bonchev–Trinajstić information content (AvgIpc) is 2.44. The van der Waals surface area contributed by atoms with Crippen LogP contribution in [0.3, 0.4) is 0 Å². The van der Waals surface area contributed by atoms with Crippen LogP contribution in [0.1, 0.15) is 6.92 Å². The monoisotopic (exact) mass is 208 g/mol. The van der Waals surface area contributed by atoms with E-state index in [1.54, 1.807) is 11.8 Å². The second kappa shape index (κ2) is 3.53. The Bertz CT molecular complexity index is 367. The third-order valence-electron chi connectivity index (χ3n) is 2.16. The van der Waals surface area contributed by atoms with E-state index in [-0.39, 0.29) is 11.4 Å². The maximum absolute atomic E-state index is 10.9. The summed E-state index contributed by atoms with van der Waals surface area (Å²) < 4.78 is 0. The normalized spacial score (nSPS) is 19.3. The minimum Gasteiger partial charge on any atom is -0.345 e. The first-order valence-corrected chi connectivity index (χ1v) is 5.32. The lowest BCUT2D eigenvalue weighted by Gasteiger charge is -2.21. The largest absolute Gasteiger partial charge is 0.345 e. The van der Waals surface area contributed by atoms with Gasteiger partial charge in [0.2, 0.25) is 5.91 Å². The number of anilines is 1. The van der Waals surface area contributed by atoms with Crippen LogP contribution in [0, 0.1) is 0 Å². The van der Waals surface area contributed by atoms with E-state index in [0.717, 1.165) is 0 Å². The molecule has 0 aromatic heterocycles. The molecule has 0 saturated heterocycles. The Kier molecular flexibility index (Phi) is 2.37. The van der Waals surface area contributed by atoms with Crippen molar-refractivity contribution in [2.75, 3.05) is 11.9 Å². The molecule has 4 heteroatoms. The van der Waals surface area contributed by atoms with Crippen molar-refractivity contribution in [1.29, 1.82) is 0 Å². The zero-order chi connectivity index (χ0) is 10.1. The summed E-state index contributed by atoms with van der Waals surface area (Å²) in [4.78, 5) is 14.2. The second-order valence-corrected chi connectivity index (χ2v) is 4.37. The molecular formula is C10H12N2OS. The highest BCUT2D eigenvalue weighted by atomic mass is 32.2. The van der Waals surface area contributed by atoms with E-state index >= 15 is 0 Å². The highest BCUT2D eigenvalue weighted by Gasteiger charge is 2.26. The molecule has 1 N–H and O–H groups in total. The van der Waals surface area contributed by atoms with E-state index in [4.69, 9.17) is 0 Å². The Labute approximate surface area is 87.5 Å². The second-order valence-electron chi connectivity index (χ2n) is 3.25. The molecule has 0 bridgehead atoms. The van der Waals surface area contributed by atoms with Crippen molar-refractivity contribution in [2.24, 2.45) is 0 Å². The Morgan fingerprint density at radius 1 is 1.50 bits per heavy atom. The summed E-state index contributed by atoms with van der Waals surface area (Å²) in [6.45, 7) is 1.54. The Hall–Kier alpha value is -1.16. The van der Waals surface area contributed by atoms with Crippen LogP contribution in [0.15, 0.2) is 29.2 Å². The number of nitrogens with one attached hydrogen (secondary N) is 1. The number of nitrogens with zero attached hydrogens (tertiary/aromatic N) is 1. The van der Waals surface area contributed by atoms with Gasteiger partial charge in [0.1, 0.15) is 0 Å². The van der Waals surface area contributed by atoms with Gasteiger partial charge in [-0.1, -0.05) is 23.9 Å². The Balaban J connectivity index is 2.21. The minimum atomic E-state index is 0.00200. The molecule has 1 aliphatic heterocycles. The number of hydrogen-bond acceptors (Lipinski definition) is 3. The maximum Gasteiger partial charge on any atom is 0.219 e. The van der Waals surface area contributed by atoms with Gasteiger partial charge in [-0.2, -0.15) is 0 Å². The Morgan fingerprint density at radius 2 is 2.21 bits per heavy atom. The van der Waals surface area contributed by atoms with Crippen molar-refractivity contribution in [3.63, 3.8) is 0 Å². The van der Waals surface area contributed by atoms with Gasteiger partial charge >= 0.3 is 0 Å². The van der Waals surface area contributed by atoms with Gasteiger partial charge in [-0.15, -0.1) is 0 Å². The van der Waals surface area contributed by atoms with Crippen LogP contribution in [0.4, 0.5) is 5.69 Å². The first kappa shape index (κ1) is 9.40. The molecular weight excluding hydrogens is 196 g/mol. The van der Waals surface area contributed by atoms with Crippen LogP contribution in [-0.2, 0) is 4.79 Å². The molecule has 3 nitrogen and oxygen atoms in total. The van der Waals surface area contributed by atoms with Gasteiger partial charge in [0.05, 0.1) is 5.69 Å². The van der Waals surface area contributed by atoms with Gasteiger partial charge in [-0.05, 0) is 12.1 Å². The van der Waals surface area contributed by atoms with Crippen molar-refractivity contribution < 1.29 is 4.79 Å². The van der Waals surface area contributed by atoms with Crippen LogP contribution < -0.4 is 10.2 Å². The molecule has 1 unspecified atom stereocenters. The summed E-state index contributed by atoms with van der Waals surface area (Å²) in [6, 6.07) is 8.14. The predicted molar refractivity (Wildman–Crippen MR) is 58.3 cm³/mol. The van der Waals surface area contributed by atoms with Crippen LogP contribution in [-0.4, -0.2) is 18.5 Å².